The van der Waals surface area contributed by atoms with Gasteiger partial charge in [-0.25, -0.2) is 0 Å². The predicted molar refractivity (Wildman–Crippen MR) is 115 cm³/mol. The number of furan rings is 1. The van der Waals surface area contributed by atoms with Crippen LogP contribution in [0.1, 0.15) is 21.7 Å². The van der Waals surface area contributed by atoms with Crippen molar-refractivity contribution in [2.75, 3.05) is 31.6 Å². The van der Waals surface area contributed by atoms with E-state index >= 15 is 0 Å². The first kappa shape index (κ1) is 19.8. The minimum Gasteiger partial charge on any atom is -0.459 e. The van der Waals surface area contributed by atoms with Gasteiger partial charge < -0.3 is 14.5 Å². The van der Waals surface area contributed by atoms with E-state index in [1.54, 1.807) is 18.0 Å². The Morgan fingerprint density at radius 3 is 2.52 bits per heavy atom. The first-order valence-corrected chi connectivity index (χ1v) is 10.7. The molecule has 3 aromatic rings. The Bertz CT molecular complexity index is 919. The summed E-state index contributed by atoms with van der Waals surface area (Å²) in [6.45, 7) is 4.41. The molecule has 1 N–H and O–H groups in total. The number of anilines is 1. The summed E-state index contributed by atoms with van der Waals surface area (Å²) in [7, 11) is 0. The first-order chi connectivity index (χ1) is 14.3. The highest BCUT2D eigenvalue weighted by molar-refractivity contribution is 7.98. The number of ether oxygens (including phenoxy) is 1. The van der Waals surface area contributed by atoms with Gasteiger partial charge in [0.2, 0.25) is 0 Å². The van der Waals surface area contributed by atoms with Crippen LogP contribution in [0, 0.1) is 0 Å². The number of carbonyl (C=O) groups excluding carboxylic acids is 1. The molecule has 0 saturated carbocycles. The fourth-order valence-electron chi connectivity index (χ4n) is 3.23. The van der Waals surface area contributed by atoms with Gasteiger partial charge in [0.25, 0.3) is 5.91 Å². The maximum atomic E-state index is 12.7. The van der Waals surface area contributed by atoms with E-state index in [9.17, 15) is 4.79 Å². The molecule has 5 nitrogen and oxygen atoms in total. The molecule has 1 aliphatic rings. The summed E-state index contributed by atoms with van der Waals surface area (Å²) in [5.41, 5.74) is 2.88. The van der Waals surface area contributed by atoms with E-state index in [2.05, 4.69) is 34.5 Å². The molecule has 29 heavy (non-hydrogen) atoms. The molecule has 0 aliphatic carbocycles. The number of amides is 1. The lowest BCUT2D eigenvalue weighted by Gasteiger charge is -2.26. The van der Waals surface area contributed by atoms with Crippen molar-refractivity contribution < 1.29 is 13.9 Å². The average Bonchev–Trinajstić information content (AvgIpc) is 3.24. The Morgan fingerprint density at radius 1 is 1.00 bits per heavy atom. The zero-order chi connectivity index (χ0) is 19.9. The first-order valence-electron chi connectivity index (χ1n) is 9.72. The van der Waals surface area contributed by atoms with Crippen LogP contribution in [0.15, 0.2) is 76.2 Å². The van der Waals surface area contributed by atoms with Crippen molar-refractivity contribution in [3.63, 3.8) is 0 Å². The van der Waals surface area contributed by atoms with Gasteiger partial charge in [0.05, 0.1) is 19.5 Å². The third-order valence-electron chi connectivity index (χ3n) is 4.81. The lowest BCUT2D eigenvalue weighted by molar-refractivity contribution is 0.0342. The highest BCUT2D eigenvalue weighted by atomic mass is 32.2. The molecule has 6 heteroatoms. The van der Waals surface area contributed by atoms with Gasteiger partial charge in [-0.05, 0) is 35.9 Å². The minimum absolute atomic E-state index is 0.223. The molecule has 1 aliphatic heterocycles. The summed E-state index contributed by atoms with van der Waals surface area (Å²) in [5, 5.41) is 2.94. The highest BCUT2D eigenvalue weighted by Crippen LogP contribution is 2.25. The zero-order valence-electron chi connectivity index (χ0n) is 16.2. The summed E-state index contributed by atoms with van der Waals surface area (Å²) in [6, 6.07) is 20.0. The molecule has 150 valence electrons. The highest BCUT2D eigenvalue weighted by Gasteiger charge is 2.16. The summed E-state index contributed by atoms with van der Waals surface area (Å²) in [6.07, 6.45) is 1.57. The number of rotatable bonds is 7. The second kappa shape index (κ2) is 9.78. The molecule has 1 aromatic heterocycles. The van der Waals surface area contributed by atoms with Gasteiger partial charge >= 0.3 is 0 Å². The van der Waals surface area contributed by atoms with E-state index in [4.69, 9.17) is 9.15 Å². The third-order valence-corrected chi connectivity index (χ3v) is 5.87. The number of nitrogens with one attached hydrogen (secondary N) is 1. The van der Waals surface area contributed by atoms with Gasteiger partial charge in [-0.15, -0.1) is 11.8 Å². The van der Waals surface area contributed by atoms with Crippen LogP contribution >= 0.6 is 11.8 Å². The Kier molecular flexibility index (Phi) is 6.67. The van der Waals surface area contributed by atoms with Crippen molar-refractivity contribution in [2.45, 2.75) is 17.2 Å². The molecule has 0 bridgehead atoms. The number of nitrogens with zero attached hydrogens (tertiary/aromatic N) is 1. The number of benzene rings is 2. The average molecular weight is 409 g/mol. The monoisotopic (exact) mass is 408 g/mol. The maximum absolute atomic E-state index is 12.7. The number of hydrogen-bond acceptors (Lipinski definition) is 5. The molecule has 0 atom stereocenters. The second-order valence-corrected chi connectivity index (χ2v) is 7.97. The molecule has 1 amide bonds. The number of thioether (sulfide) groups is 1. The van der Waals surface area contributed by atoms with Gasteiger partial charge in [-0.3, -0.25) is 9.69 Å². The Hall–Kier alpha value is -2.54. The van der Waals surface area contributed by atoms with Crippen LogP contribution in [0.2, 0.25) is 0 Å². The Morgan fingerprint density at radius 2 is 1.76 bits per heavy atom. The molecule has 1 fully saturated rings. The van der Waals surface area contributed by atoms with Crippen LogP contribution in [-0.2, 0) is 17.0 Å². The number of hydrogen-bond donors (Lipinski definition) is 1. The van der Waals surface area contributed by atoms with Crippen molar-refractivity contribution in [3.8, 4) is 0 Å². The van der Waals surface area contributed by atoms with Crippen LogP contribution in [0.25, 0.3) is 0 Å². The lowest BCUT2D eigenvalue weighted by atomic mass is 10.2. The molecule has 1 saturated heterocycles. The van der Waals surface area contributed by atoms with Gasteiger partial charge in [0, 0.05) is 41.5 Å². The normalized spacial score (nSPS) is 14.6. The quantitative estimate of drug-likeness (QED) is 0.577. The number of carbonyl (C=O) groups is 1. The zero-order valence-corrected chi connectivity index (χ0v) is 17.0. The molecule has 0 radical (unpaired) electrons. The topological polar surface area (TPSA) is 54.7 Å². The number of morpholine rings is 1. The smallest absolute Gasteiger partial charge is 0.291 e. The fraction of sp³-hybridized carbons (Fsp3) is 0.261. The van der Waals surface area contributed by atoms with Crippen molar-refractivity contribution in [1.82, 2.24) is 4.90 Å². The molecule has 4 rings (SSSR count). The van der Waals surface area contributed by atoms with E-state index < -0.39 is 0 Å². The van der Waals surface area contributed by atoms with Gasteiger partial charge in [0.1, 0.15) is 0 Å². The summed E-state index contributed by atoms with van der Waals surface area (Å²) < 4.78 is 10.9. The van der Waals surface area contributed by atoms with Crippen LogP contribution in [0.3, 0.4) is 0 Å². The summed E-state index contributed by atoms with van der Waals surface area (Å²) in [4.78, 5) is 16.2. The standard InChI is InChI=1S/C23H24N2O3S/c26-23(22-19(10-13-28-22)17-29-21-4-2-1-3-5-21)24-20-8-6-18(7-9-20)16-25-11-14-27-15-12-25/h1-10,13H,11-12,14-17H2,(H,24,26). The Balaban J connectivity index is 1.34. The van der Waals surface area contributed by atoms with E-state index in [0.717, 1.165) is 49.0 Å². The molecular weight excluding hydrogens is 384 g/mol. The van der Waals surface area contributed by atoms with Crippen LogP contribution < -0.4 is 5.32 Å². The molecular formula is C23H24N2O3S. The van der Waals surface area contributed by atoms with E-state index in [1.165, 1.54) is 5.56 Å². The van der Waals surface area contributed by atoms with Crippen molar-refractivity contribution in [1.29, 1.82) is 0 Å². The largest absolute Gasteiger partial charge is 0.459 e. The summed E-state index contributed by atoms with van der Waals surface area (Å²) >= 11 is 1.68. The van der Waals surface area contributed by atoms with E-state index in [0.29, 0.717) is 11.5 Å². The second-order valence-electron chi connectivity index (χ2n) is 6.92. The van der Waals surface area contributed by atoms with Crippen LogP contribution in [-0.4, -0.2) is 37.1 Å². The van der Waals surface area contributed by atoms with Gasteiger partial charge in [0.15, 0.2) is 5.76 Å². The molecule has 0 spiro atoms. The maximum Gasteiger partial charge on any atom is 0.291 e. The molecule has 2 aromatic carbocycles. The Labute approximate surface area is 175 Å². The van der Waals surface area contributed by atoms with Gasteiger partial charge in [-0.2, -0.15) is 0 Å². The van der Waals surface area contributed by atoms with Crippen molar-refractivity contribution in [3.05, 3.63) is 83.8 Å². The van der Waals surface area contributed by atoms with Crippen molar-refractivity contribution >= 4 is 23.4 Å². The van der Waals surface area contributed by atoms with Crippen LogP contribution in [0.4, 0.5) is 5.69 Å². The molecule has 2 heterocycles. The van der Waals surface area contributed by atoms with Crippen molar-refractivity contribution in [2.24, 2.45) is 0 Å². The fourth-order valence-corrected chi connectivity index (χ4v) is 4.12. The van der Waals surface area contributed by atoms with Gasteiger partial charge in [-0.1, -0.05) is 30.3 Å². The van der Waals surface area contributed by atoms with Crippen LogP contribution in [0.5, 0.6) is 0 Å². The molecule has 0 unspecified atom stereocenters. The predicted octanol–water partition coefficient (Wildman–Crippen LogP) is 4.66. The summed E-state index contributed by atoms with van der Waals surface area (Å²) in [5.74, 6) is 0.826. The third kappa shape index (κ3) is 5.50. The minimum atomic E-state index is -0.223. The van der Waals surface area contributed by atoms with E-state index in [1.807, 2.05) is 36.4 Å². The lowest BCUT2D eigenvalue weighted by Crippen LogP contribution is -2.35. The van der Waals surface area contributed by atoms with E-state index in [-0.39, 0.29) is 5.91 Å². The SMILES string of the molecule is O=C(Nc1ccc(CN2CCOCC2)cc1)c1occc1CSc1ccccc1.